The molecule has 2 aliphatic rings. The summed E-state index contributed by atoms with van der Waals surface area (Å²) < 4.78 is 12.3. The molecule has 0 aliphatic carbocycles. The molecule has 0 unspecified atom stereocenters. The fourth-order valence-electron chi connectivity index (χ4n) is 3.31. The lowest BCUT2D eigenvalue weighted by Crippen LogP contribution is -2.40. The molecule has 10 heteroatoms. The molecule has 4 rings (SSSR count). The molecule has 4 heterocycles. The van der Waals surface area contributed by atoms with Gasteiger partial charge in [-0.1, -0.05) is 23.1 Å². The minimum absolute atomic E-state index is 0.108. The molecule has 0 amide bonds. The van der Waals surface area contributed by atoms with Gasteiger partial charge in [0.1, 0.15) is 0 Å². The normalized spacial score (nSPS) is 20.4. The van der Waals surface area contributed by atoms with Gasteiger partial charge in [-0.05, 0) is 12.8 Å². The zero-order valence-electron chi connectivity index (χ0n) is 14.5. The van der Waals surface area contributed by atoms with Crippen LogP contribution in [0.3, 0.4) is 0 Å². The van der Waals surface area contributed by atoms with Gasteiger partial charge in [-0.25, -0.2) is 4.98 Å². The number of ether oxygens (including phenoxy) is 2. The lowest BCUT2D eigenvalue weighted by molar-refractivity contribution is -0.137. The van der Waals surface area contributed by atoms with Crippen LogP contribution < -0.4 is 5.56 Å². The SMILES string of the molecule is COC(=O)CSc1nn2c(=O)c3c(nc2s1)CCN(C[C@H]1CCCO1)C3. The standard InChI is InChI=1S/C16H20N4O4S2/c1-23-13(21)9-25-16-18-20-14(22)11-8-19(7-10-3-2-6-24-10)5-4-12(11)17-15(20)26-16/h10H,2-9H2,1H3/t10-/m1/s1. The summed E-state index contributed by atoms with van der Waals surface area (Å²) in [5.41, 5.74) is 1.48. The number of nitrogens with zero attached hydrogens (tertiary/aromatic N) is 4. The highest BCUT2D eigenvalue weighted by Gasteiger charge is 2.26. The zero-order chi connectivity index (χ0) is 18.1. The predicted molar refractivity (Wildman–Crippen MR) is 97.8 cm³/mol. The number of methoxy groups -OCH3 is 1. The summed E-state index contributed by atoms with van der Waals surface area (Å²) in [6.07, 6.45) is 3.24. The summed E-state index contributed by atoms with van der Waals surface area (Å²) >= 11 is 2.58. The summed E-state index contributed by atoms with van der Waals surface area (Å²) in [5.74, 6) is -0.154. The van der Waals surface area contributed by atoms with Crippen LogP contribution in [-0.4, -0.2) is 64.1 Å². The van der Waals surface area contributed by atoms with Crippen LogP contribution >= 0.6 is 23.1 Å². The number of hydrogen-bond donors (Lipinski definition) is 0. The molecule has 26 heavy (non-hydrogen) atoms. The van der Waals surface area contributed by atoms with Crippen LogP contribution in [0.5, 0.6) is 0 Å². The van der Waals surface area contributed by atoms with Crippen LogP contribution in [0.15, 0.2) is 9.13 Å². The van der Waals surface area contributed by atoms with Crippen LogP contribution in [0.4, 0.5) is 0 Å². The summed E-state index contributed by atoms with van der Waals surface area (Å²) in [7, 11) is 1.35. The first-order chi connectivity index (χ1) is 12.6. The molecule has 0 saturated carbocycles. The van der Waals surface area contributed by atoms with Crippen LogP contribution in [0.25, 0.3) is 4.96 Å². The highest BCUT2D eigenvalue weighted by atomic mass is 32.2. The largest absolute Gasteiger partial charge is 0.468 e. The van der Waals surface area contributed by atoms with E-state index in [-0.39, 0.29) is 23.4 Å². The minimum atomic E-state index is -0.321. The topological polar surface area (TPSA) is 86.0 Å². The molecular weight excluding hydrogens is 376 g/mol. The van der Waals surface area contributed by atoms with E-state index in [1.807, 2.05) is 0 Å². The van der Waals surface area contributed by atoms with Gasteiger partial charge in [0.2, 0.25) is 4.96 Å². The second-order valence-corrected chi connectivity index (χ2v) is 8.57. The number of thioether (sulfide) groups is 1. The Hall–Kier alpha value is -1.49. The van der Waals surface area contributed by atoms with E-state index in [4.69, 9.17) is 4.74 Å². The van der Waals surface area contributed by atoms with Crippen molar-refractivity contribution in [2.75, 3.05) is 32.6 Å². The smallest absolute Gasteiger partial charge is 0.316 e. The molecule has 0 spiro atoms. The van der Waals surface area contributed by atoms with Crippen molar-refractivity contribution < 1.29 is 14.3 Å². The summed E-state index contributed by atoms with van der Waals surface area (Å²) in [5, 5.41) is 4.33. The quantitative estimate of drug-likeness (QED) is 0.546. The van der Waals surface area contributed by atoms with Gasteiger partial charge in [-0.15, -0.1) is 5.10 Å². The molecule has 0 radical (unpaired) electrons. The molecule has 1 fully saturated rings. The number of rotatable bonds is 5. The maximum absolute atomic E-state index is 12.9. The average molecular weight is 396 g/mol. The summed E-state index contributed by atoms with van der Waals surface area (Å²) in [4.78, 5) is 31.7. The summed E-state index contributed by atoms with van der Waals surface area (Å²) in [6.45, 7) is 3.17. The van der Waals surface area contributed by atoms with Gasteiger partial charge in [-0.3, -0.25) is 14.5 Å². The Morgan fingerprint density at radius 1 is 1.50 bits per heavy atom. The molecule has 8 nitrogen and oxygen atoms in total. The number of esters is 1. The number of aromatic nitrogens is 3. The van der Waals surface area contributed by atoms with Gasteiger partial charge >= 0.3 is 5.97 Å². The Kier molecular flexibility index (Phi) is 5.25. The van der Waals surface area contributed by atoms with Gasteiger partial charge in [0, 0.05) is 32.7 Å². The van der Waals surface area contributed by atoms with Crippen molar-refractivity contribution >= 4 is 34.0 Å². The second-order valence-electron chi connectivity index (χ2n) is 6.39. The van der Waals surface area contributed by atoms with Gasteiger partial charge < -0.3 is 9.47 Å². The third kappa shape index (κ3) is 3.64. The van der Waals surface area contributed by atoms with Gasteiger partial charge in [-0.2, -0.15) is 4.52 Å². The Bertz CT molecular complexity index is 875. The van der Waals surface area contributed by atoms with E-state index in [0.717, 1.165) is 50.2 Å². The van der Waals surface area contributed by atoms with Crippen LogP contribution in [0.2, 0.25) is 0 Å². The van der Waals surface area contributed by atoms with E-state index >= 15 is 0 Å². The lowest BCUT2D eigenvalue weighted by atomic mass is 10.1. The summed E-state index contributed by atoms with van der Waals surface area (Å²) in [6, 6.07) is 0. The van der Waals surface area contributed by atoms with Crippen molar-refractivity contribution in [2.45, 2.75) is 36.3 Å². The van der Waals surface area contributed by atoms with E-state index in [1.165, 1.54) is 34.7 Å². The number of carbonyl (C=O) groups is 1. The van der Waals surface area contributed by atoms with E-state index in [9.17, 15) is 9.59 Å². The van der Waals surface area contributed by atoms with Crippen LogP contribution in [-0.2, 0) is 27.2 Å². The Morgan fingerprint density at radius 2 is 2.38 bits per heavy atom. The third-order valence-corrected chi connectivity index (χ3v) is 6.66. The van der Waals surface area contributed by atoms with E-state index in [0.29, 0.717) is 15.8 Å². The number of fused-ring (bicyclic) bond motifs is 2. The molecule has 2 aliphatic heterocycles. The van der Waals surface area contributed by atoms with E-state index in [1.54, 1.807) is 0 Å². The van der Waals surface area contributed by atoms with Gasteiger partial charge in [0.25, 0.3) is 5.56 Å². The predicted octanol–water partition coefficient (Wildman–Crippen LogP) is 0.953. The van der Waals surface area contributed by atoms with Crippen molar-refractivity contribution in [3.05, 3.63) is 21.6 Å². The molecule has 1 atom stereocenters. The van der Waals surface area contributed by atoms with Crippen LogP contribution in [0.1, 0.15) is 24.1 Å². The molecular formula is C16H20N4O4S2. The molecule has 0 bridgehead atoms. The van der Waals surface area contributed by atoms with Gasteiger partial charge in [0.15, 0.2) is 4.34 Å². The Balaban J connectivity index is 1.55. The molecule has 2 aromatic rings. The first-order valence-corrected chi connectivity index (χ1v) is 10.4. The molecule has 0 N–H and O–H groups in total. The van der Waals surface area contributed by atoms with E-state index < -0.39 is 0 Å². The Morgan fingerprint density at radius 3 is 3.15 bits per heavy atom. The molecule has 2 aromatic heterocycles. The number of hydrogen-bond acceptors (Lipinski definition) is 9. The molecule has 140 valence electrons. The Labute approximate surface area is 158 Å². The first kappa shape index (κ1) is 17.9. The average Bonchev–Trinajstić information content (AvgIpc) is 3.30. The fraction of sp³-hybridized carbons (Fsp3) is 0.625. The van der Waals surface area contributed by atoms with Crippen molar-refractivity contribution in [3.8, 4) is 0 Å². The molecule has 0 aromatic carbocycles. The van der Waals surface area contributed by atoms with Crippen molar-refractivity contribution in [2.24, 2.45) is 0 Å². The number of carbonyl (C=O) groups excluding carboxylic acids is 1. The monoisotopic (exact) mass is 396 g/mol. The van der Waals surface area contributed by atoms with E-state index in [2.05, 4.69) is 19.7 Å². The third-order valence-electron chi connectivity index (χ3n) is 4.64. The van der Waals surface area contributed by atoms with Crippen LogP contribution in [0, 0.1) is 0 Å². The highest BCUT2D eigenvalue weighted by Crippen LogP contribution is 2.25. The maximum Gasteiger partial charge on any atom is 0.316 e. The molecule has 1 saturated heterocycles. The zero-order valence-corrected chi connectivity index (χ0v) is 16.1. The van der Waals surface area contributed by atoms with Crippen molar-refractivity contribution in [1.29, 1.82) is 0 Å². The lowest BCUT2D eigenvalue weighted by Gasteiger charge is -2.29. The van der Waals surface area contributed by atoms with Crippen molar-refractivity contribution in [1.82, 2.24) is 19.5 Å². The van der Waals surface area contributed by atoms with Gasteiger partial charge in [0.05, 0.1) is 30.2 Å². The highest BCUT2D eigenvalue weighted by molar-refractivity contribution is 8.01. The second kappa shape index (κ2) is 7.63. The maximum atomic E-state index is 12.9. The first-order valence-electron chi connectivity index (χ1n) is 8.59. The minimum Gasteiger partial charge on any atom is -0.468 e. The van der Waals surface area contributed by atoms with Crippen molar-refractivity contribution in [3.63, 3.8) is 0 Å². The fourth-order valence-corrected chi connectivity index (χ4v) is 5.08.